The van der Waals surface area contributed by atoms with E-state index in [9.17, 15) is 14.4 Å². The molecule has 172 valence electrons. The number of para-hydroxylation sites is 1. The third-order valence-electron chi connectivity index (χ3n) is 6.60. The van der Waals surface area contributed by atoms with Crippen LogP contribution in [0.5, 0.6) is 0 Å². The van der Waals surface area contributed by atoms with E-state index in [1.165, 1.54) is 0 Å². The summed E-state index contributed by atoms with van der Waals surface area (Å²) in [6.45, 7) is 3.18. The number of nitrogens with zero attached hydrogens (tertiary/aromatic N) is 2. The predicted octanol–water partition coefficient (Wildman–Crippen LogP) is 3.49. The molecule has 4 amide bonds. The van der Waals surface area contributed by atoms with Gasteiger partial charge in [-0.15, -0.1) is 4.48 Å². The molecule has 0 saturated heterocycles. The molecule has 0 saturated carbocycles. The van der Waals surface area contributed by atoms with Gasteiger partial charge in [0.25, 0.3) is 5.91 Å². The van der Waals surface area contributed by atoms with Gasteiger partial charge in [-0.2, -0.15) is 0 Å². The van der Waals surface area contributed by atoms with Gasteiger partial charge in [-0.25, -0.2) is 9.59 Å². The molecule has 0 aliphatic carbocycles. The van der Waals surface area contributed by atoms with Crippen LogP contribution in [0.4, 0.5) is 10.5 Å². The Labute approximate surface area is 198 Å². The molecule has 7 heteroatoms. The lowest BCUT2D eigenvalue weighted by Gasteiger charge is -2.47. The fraction of sp³-hybridized carbons (Fsp3) is 0.185. The van der Waals surface area contributed by atoms with Gasteiger partial charge in [0.15, 0.2) is 12.2 Å². The zero-order valence-corrected chi connectivity index (χ0v) is 19.1. The molecule has 0 fully saturated rings. The Hall–Kier alpha value is -4.10. The SMILES string of the molecule is CC(C)C(C(N)=O)(c1ccccc1)[N+]1(C(N)=O)C(=O)CN=C(c2ccccc2)c2ccccc21. The summed E-state index contributed by atoms with van der Waals surface area (Å²) in [5.74, 6) is -2.02. The highest BCUT2D eigenvalue weighted by Crippen LogP contribution is 2.48. The number of carbonyl (C=O) groups excluding carboxylic acids is 3. The molecule has 0 aromatic heterocycles. The van der Waals surface area contributed by atoms with E-state index in [-0.39, 0.29) is 12.2 Å². The first-order chi connectivity index (χ1) is 16.3. The second-order valence-corrected chi connectivity index (χ2v) is 8.60. The van der Waals surface area contributed by atoms with E-state index in [1.807, 2.05) is 30.3 Å². The first-order valence-corrected chi connectivity index (χ1v) is 11.1. The zero-order chi connectivity index (χ0) is 24.5. The van der Waals surface area contributed by atoms with Gasteiger partial charge in [-0.05, 0) is 6.07 Å². The largest absolute Gasteiger partial charge is 0.427 e. The molecule has 2 unspecified atom stereocenters. The molecule has 3 aromatic carbocycles. The zero-order valence-electron chi connectivity index (χ0n) is 19.1. The summed E-state index contributed by atoms with van der Waals surface area (Å²) in [4.78, 5) is 45.8. The van der Waals surface area contributed by atoms with Crippen LogP contribution in [0.2, 0.25) is 0 Å². The summed E-state index contributed by atoms with van der Waals surface area (Å²) in [6, 6.07) is 24.0. The van der Waals surface area contributed by atoms with Crippen molar-refractivity contribution >= 4 is 29.2 Å². The summed E-state index contributed by atoms with van der Waals surface area (Å²) in [6.07, 6.45) is 0. The van der Waals surface area contributed by atoms with Gasteiger partial charge in [-0.1, -0.05) is 86.6 Å². The van der Waals surface area contributed by atoms with Gasteiger partial charge in [0.05, 0.1) is 11.3 Å². The van der Waals surface area contributed by atoms with Gasteiger partial charge in [-0.3, -0.25) is 9.79 Å². The minimum absolute atomic E-state index is 0.274. The average molecular weight is 456 g/mol. The number of urea groups is 1. The molecule has 1 aliphatic rings. The van der Waals surface area contributed by atoms with Crippen molar-refractivity contribution < 1.29 is 14.4 Å². The number of benzodiazepines with no additional fused rings is 1. The number of aliphatic imine (C=N–C) groups is 1. The summed E-state index contributed by atoms with van der Waals surface area (Å²) in [5.41, 5.74) is 13.0. The van der Waals surface area contributed by atoms with Crippen LogP contribution in [-0.2, 0) is 15.1 Å². The number of primary amides is 2. The number of imide groups is 1. The maximum Gasteiger partial charge on any atom is 0.427 e. The van der Waals surface area contributed by atoms with Crippen LogP contribution in [0.15, 0.2) is 89.9 Å². The standard InChI is InChI=1S/C27H26N4O3/c1-18(2)27(25(28)33,20-13-7-4-8-14-20)31(26(29)34)22-16-10-9-15-21(22)24(30-17-23(31)32)19-11-5-3-6-12-19/h3-16,18H,17H2,1-2H3,(H3-,28,29,33,34)/p+1. The highest BCUT2D eigenvalue weighted by molar-refractivity contribution is 6.24. The van der Waals surface area contributed by atoms with Crippen molar-refractivity contribution in [3.63, 3.8) is 0 Å². The van der Waals surface area contributed by atoms with E-state index in [1.54, 1.807) is 68.4 Å². The lowest BCUT2D eigenvalue weighted by molar-refractivity contribution is -0.143. The molecule has 0 radical (unpaired) electrons. The topological polar surface area (TPSA) is 116 Å². The summed E-state index contributed by atoms with van der Waals surface area (Å²) >= 11 is 0. The fourth-order valence-corrected chi connectivity index (χ4v) is 5.28. The van der Waals surface area contributed by atoms with Gasteiger partial charge in [0.2, 0.25) is 5.54 Å². The first kappa shape index (κ1) is 23.1. The highest BCUT2D eigenvalue weighted by Gasteiger charge is 2.69. The maximum absolute atomic E-state index is 14.1. The summed E-state index contributed by atoms with van der Waals surface area (Å²) < 4.78 is -1.08. The summed E-state index contributed by atoms with van der Waals surface area (Å²) in [7, 11) is 0. The molecule has 0 spiro atoms. The normalized spacial score (nSPS) is 19.5. The molecule has 34 heavy (non-hydrogen) atoms. The van der Waals surface area contributed by atoms with Gasteiger partial charge < -0.3 is 11.5 Å². The van der Waals surface area contributed by atoms with Crippen LogP contribution in [0.1, 0.15) is 30.5 Å². The molecule has 7 nitrogen and oxygen atoms in total. The number of fused-ring (bicyclic) bond motifs is 1. The Balaban J connectivity index is 2.18. The molecule has 4 rings (SSSR count). The van der Waals surface area contributed by atoms with Gasteiger partial charge >= 0.3 is 11.9 Å². The Kier molecular flexibility index (Phi) is 5.89. The molecule has 1 aliphatic heterocycles. The molecule has 0 bridgehead atoms. The minimum atomic E-state index is -1.80. The van der Waals surface area contributed by atoms with Crippen molar-refractivity contribution in [3.8, 4) is 0 Å². The second kappa shape index (κ2) is 8.68. The lowest BCUT2D eigenvalue weighted by Crippen LogP contribution is -2.77. The Morgan fingerprint density at radius 2 is 1.44 bits per heavy atom. The number of quaternary nitrogens is 1. The fourth-order valence-electron chi connectivity index (χ4n) is 5.28. The Morgan fingerprint density at radius 3 is 2.00 bits per heavy atom. The average Bonchev–Trinajstić information content (AvgIpc) is 2.96. The van der Waals surface area contributed by atoms with Crippen molar-refractivity contribution in [2.45, 2.75) is 19.4 Å². The third-order valence-corrected chi connectivity index (χ3v) is 6.60. The number of amides is 4. The lowest BCUT2D eigenvalue weighted by atomic mass is 9.74. The molecule has 4 N–H and O–H groups in total. The monoisotopic (exact) mass is 455 g/mol. The van der Waals surface area contributed by atoms with E-state index in [0.717, 1.165) is 5.56 Å². The molecule has 1 heterocycles. The van der Waals surface area contributed by atoms with E-state index in [0.29, 0.717) is 16.8 Å². The molecule has 2 atom stereocenters. The van der Waals surface area contributed by atoms with Crippen LogP contribution in [-0.4, -0.2) is 30.1 Å². The third kappa shape index (κ3) is 3.08. The van der Waals surface area contributed by atoms with Crippen molar-refractivity contribution in [3.05, 3.63) is 102 Å². The molecular formula is C27H27N4O3+. The Morgan fingerprint density at radius 1 is 0.882 bits per heavy atom. The number of carbonyl (C=O) groups is 3. The van der Waals surface area contributed by atoms with Crippen LogP contribution in [0.3, 0.4) is 0 Å². The van der Waals surface area contributed by atoms with Crippen LogP contribution < -0.4 is 16.0 Å². The number of hydrogen-bond donors (Lipinski definition) is 2. The number of nitrogens with two attached hydrogens (primary N) is 2. The van der Waals surface area contributed by atoms with Crippen LogP contribution in [0.25, 0.3) is 0 Å². The quantitative estimate of drug-likeness (QED) is 0.574. The van der Waals surface area contributed by atoms with Crippen LogP contribution in [0, 0.1) is 5.92 Å². The first-order valence-electron chi connectivity index (χ1n) is 11.1. The van der Waals surface area contributed by atoms with Crippen molar-refractivity contribution in [1.82, 2.24) is 4.48 Å². The smallest absolute Gasteiger partial charge is 0.364 e. The number of hydrogen-bond acceptors (Lipinski definition) is 4. The minimum Gasteiger partial charge on any atom is -0.364 e. The van der Waals surface area contributed by atoms with Gasteiger partial charge in [0.1, 0.15) is 0 Å². The molecular weight excluding hydrogens is 428 g/mol. The summed E-state index contributed by atoms with van der Waals surface area (Å²) in [5, 5.41) is 0. The van der Waals surface area contributed by atoms with Crippen LogP contribution >= 0.6 is 0 Å². The van der Waals surface area contributed by atoms with E-state index >= 15 is 0 Å². The number of rotatable bonds is 5. The van der Waals surface area contributed by atoms with E-state index < -0.39 is 33.8 Å². The predicted molar refractivity (Wildman–Crippen MR) is 132 cm³/mol. The van der Waals surface area contributed by atoms with E-state index in [4.69, 9.17) is 11.5 Å². The van der Waals surface area contributed by atoms with Crippen molar-refractivity contribution in [1.29, 1.82) is 0 Å². The second-order valence-electron chi connectivity index (χ2n) is 8.60. The molecule has 3 aromatic rings. The Bertz CT molecular complexity index is 1290. The van der Waals surface area contributed by atoms with Crippen molar-refractivity contribution in [2.24, 2.45) is 22.4 Å². The van der Waals surface area contributed by atoms with E-state index in [2.05, 4.69) is 4.99 Å². The van der Waals surface area contributed by atoms with Crippen molar-refractivity contribution in [2.75, 3.05) is 6.54 Å². The van der Waals surface area contributed by atoms with Gasteiger partial charge in [0, 0.05) is 23.1 Å². The highest BCUT2D eigenvalue weighted by atomic mass is 16.2. The number of benzene rings is 3. The maximum atomic E-state index is 14.1.